The van der Waals surface area contributed by atoms with Gasteiger partial charge in [-0.1, -0.05) is 27.7 Å². The van der Waals surface area contributed by atoms with Crippen LogP contribution in [0, 0.1) is 27.2 Å². The molecule has 1 aromatic rings. The third-order valence-corrected chi connectivity index (χ3v) is 4.69. The fourth-order valence-corrected chi connectivity index (χ4v) is 3.27. The second-order valence-electron chi connectivity index (χ2n) is 7.07. The van der Waals surface area contributed by atoms with Crippen LogP contribution in [-0.2, 0) is 10.8 Å². The van der Waals surface area contributed by atoms with E-state index in [0.717, 1.165) is 18.4 Å². The van der Waals surface area contributed by atoms with Crippen molar-refractivity contribution in [1.82, 2.24) is 0 Å². The molecule has 0 saturated carbocycles. The van der Waals surface area contributed by atoms with Crippen LogP contribution in [0.3, 0.4) is 0 Å². The highest BCUT2D eigenvalue weighted by Crippen LogP contribution is 2.51. The van der Waals surface area contributed by atoms with Crippen LogP contribution < -0.4 is 0 Å². The van der Waals surface area contributed by atoms with Crippen LogP contribution >= 0.6 is 0 Å². The van der Waals surface area contributed by atoms with Gasteiger partial charge < -0.3 is 0 Å². The molecule has 0 aliphatic heterocycles. The van der Waals surface area contributed by atoms with Gasteiger partial charge >= 0.3 is 0 Å². The summed E-state index contributed by atoms with van der Waals surface area (Å²) >= 11 is 0. The molecule has 0 spiro atoms. The maximum absolute atomic E-state index is 11.6. The molecule has 0 aromatic heterocycles. The van der Waals surface area contributed by atoms with Crippen LogP contribution in [0.1, 0.15) is 57.2 Å². The molecule has 6 heteroatoms. The van der Waals surface area contributed by atoms with Gasteiger partial charge in [-0.05, 0) is 36.2 Å². The summed E-state index contributed by atoms with van der Waals surface area (Å²) in [5.41, 5.74) is 0.647. The Labute approximate surface area is 123 Å². The average molecular weight is 292 g/mol. The summed E-state index contributed by atoms with van der Waals surface area (Å²) in [6.07, 6.45) is 1.68. The van der Waals surface area contributed by atoms with Crippen LogP contribution in [0.4, 0.5) is 11.4 Å². The fourth-order valence-electron chi connectivity index (χ4n) is 3.27. The van der Waals surface area contributed by atoms with Crippen molar-refractivity contribution in [2.45, 2.75) is 58.3 Å². The van der Waals surface area contributed by atoms with E-state index in [9.17, 15) is 20.2 Å². The van der Waals surface area contributed by atoms with Gasteiger partial charge in [-0.15, -0.1) is 0 Å². The lowest BCUT2D eigenvalue weighted by molar-refractivity contribution is -0.396. The highest BCUT2D eigenvalue weighted by atomic mass is 16.6. The molecule has 0 fully saturated rings. The highest BCUT2D eigenvalue weighted by molar-refractivity contribution is 5.65. The van der Waals surface area contributed by atoms with Gasteiger partial charge in [0.1, 0.15) is 5.56 Å². The molecule has 0 amide bonds. The van der Waals surface area contributed by atoms with E-state index in [1.807, 2.05) is 27.7 Å². The van der Waals surface area contributed by atoms with Crippen LogP contribution in [0.25, 0.3) is 0 Å². The van der Waals surface area contributed by atoms with Gasteiger partial charge in [0.25, 0.3) is 11.4 Å². The molecule has 0 saturated heterocycles. The third-order valence-electron chi connectivity index (χ3n) is 4.69. The fraction of sp³-hybridized carbons (Fsp3) is 0.600. The lowest BCUT2D eigenvalue weighted by Gasteiger charge is -2.41. The van der Waals surface area contributed by atoms with E-state index in [1.165, 1.54) is 6.92 Å². The highest BCUT2D eigenvalue weighted by Gasteiger charge is 2.44. The van der Waals surface area contributed by atoms with Crippen LogP contribution in [0.2, 0.25) is 0 Å². The Balaban J connectivity index is 2.97. The number of fused-ring (bicyclic) bond motifs is 1. The van der Waals surface area contributed by atoms with Crippen molar-refractivity contribution < 1.29 is 9.85 Å². The molecule has 6 nitrogen and oxygen atoms in total. The summed E-state index contributed by atoms with van der Waals surface area (Å²) in [5, 5.41) is 22.8. The minimum absolute atomic E-state index is 0.0861. The quantitative estimate of drug-likeness (QED) is 0.605. The lowest BCUT2D eigenvalue weighted by Crippen LogP contribution is -2.35. The third kappa shape index (κ3) is 2.28. The van der Waals surface area contributed by atoms with Crippen molar-refractivity contribution in [3.05, 3.63) is 43.0 Å². The van der Waals surface area contributed by atoms with Crippen molar-refractivity contribution in [3.63, 3.8) is 0 Å². The van der Waals surface area contributed by atoms with Gasteiger partial charge in [-0.2, -0.15) is 0 Å². The van der Waals surface area contributed by atoms with Gasteiger partial charge in [0.05, 0.1) is 9.85 Å². The zero-order chi connectivity index (χ0) is 16.2. The zero-order valence-corrected chi connectivity index (χ0v) is 13.0. The van der Waals surface area contributed by atoms with E-state index in [0.29, 0.717) is 5.56 Å². The van der Waals surface area contributed by atoms with Gasteiger partial charge in [0.2, 0.25) is 0 Å². The Bertz CT molecular complexity index is 648. The maximum atomic E-state index is 11.6. The minimum Gasteiger partial charge on any atom is -0.258 e. The number of nitro groups is 2. The van der Waals surface area contributed by atoms with Crippen LogP contribution in [0.5, 0.6) is 0 Å². The monoisotopic (exact) mass is 292 g/mol. The normalized spacial score (nSPS) is 18.9. The molecule has 0 radical (unpaired) electrons. The molecule has 0 unspecified atom stereocenters. The Hall–Kier alpha value is -1.98. The molecule has 2 rings (SSSR count). The molecule has 1 aromatic carbocycles. The first-order valence-corrected chi connectivity index (χ1v) is 6.96. The maximum Gasteiger partial charge on any atom is 0.283 e. The lowest BCUT2D eigenvalue weighted by atomic mass is 9.62. The van der Waals surface area contributed by atoms with Crippen molar-refractivity contribution in [2.24, 2.45) is 0 Å². The van der Waals surface area contributed by atoms with Crippen LogP contribution in [0.15, 0.2) is 6.07 Å². The van der Waals surface area contributed by atoms with Crippen molar-refractivity contribution in [3.8, 4) is 0 Å². The topological polar surface area (TPSA) is 86.3 Å². The van der Waals surface area contributed by atoms with Gasteiger partial charge in [0, 0.05) is 11.6 Å². The number of hydrogen-bond donors (Lipinski definition) is 0. The minimum atomic E-state index is -0.527. The largest absolute Gasteiger partial charge is 0.283 e. The van der Waals surface area contributed by atoms with Gasteiger partial charge in [-0.25, -0.2) is 0 Å². The molecule has 21 heavy (non-hydrogen) atoms. The Morgan fingerprint density at radius 3 is 2.00 bits per heavy atom. The standard InChI is InChI=1S/C15H20N2O4/c1-9-11(16(18)19)8-10-12(13(9)17(20)21)15(4,5)7-6-14(10,2)3/h8H,6-7H2,1-5H3. The first kappa shape index (κ1) is 15.4. The number of nitro benzene ring substituents is 2. The summed E-state index contributed by atoms with van der Waals surface area (Å²) in [6, 6.07) is 1.54. The average Bonchev–Trinajstić information content (AvgIpc) is 2.33. The molecule has 0 heterocycles. The first-order valence-electron chi connectivity index (χ1n) is 6.96. The van der Waals surface area contributed by atoms with Crippen molar-refractivity contribution >= 4 is 11.4 Å². The second-order valence-corrected chi connectivity index (χ2v) is 7.07. The Morgan fingerprint density at radius 1 is 1.00 bits per heavy atom. The summed E-state index contributed by atoms with van der Waals surface area (Å²) in [7, 11) is 0. The molecule has 1 aliphatic carbocycles. The summed E-state index contributed by atoms with van der Waals surface area (Å²) in [4.78, 5) is 21.8. The summed E-state index contributed by atoms with van der Waals surface area (Å²) in [6.45, 7) is 9.39. The van der Waals surface area contributed by atoms with E-state index < -0.39 is 9.85 Å². The second kappa shape index (κ2) is 4.51. The predicted molar refractivity (Wildman–Crippen MR) is 79.8 cm³/mol. The molecular weight excluding hydrogens is 272 g/mol. The van der Waals surface area contributed by atoms with E-state index >= 15 is 0 Å². The first-order chi connectivity index (χ1) is 9.49. The number of rotatable bonds is 2. The van der Waals surface area contributed by atoms with E-state index in [-0.39, 0.29) is 27.8 Å². The molecule has 0 bridgehead atoms. The van der Waals surface area contributed by atoms with Gasteiger partial charge in [-0.3, -0.25) is 20.2 Å². The number of nitrogens with zero attached hydrogens (tertiary/aromatic N) is 2. The van der Waals surface area contributed by atoms with E-state index in [4.69, 9.17) is 0 Å². The number of benzene rings is 1. The SMILES string of the molecule is Cc1c([N+](=O)[O-])cc2c(c1[N+](=O)[O-])C(C)(C)CCC2(C)C. The predicted octanol–water partition coefficient (Wildman–Crippen LogP) is 4.16. The van der Waals surface area contributed by atoms with Crippen molar-refractivity contribution in [2.75, 3.05) is 0 Å². The van der Waals surface area contributed by atoms with Crippen LogP contribution in [-0.4, -0.2) is 9.85 Å². The molecule has 0 atom stereocenters. The molecule has 0 N–H and O–H groups in total. The summed E-state index contributed by atoms with van der Waals surface area (Å²) in [5.74, 6) is 0. The van der Waals surface area contributed by atoms with E-state index in [1.54, 1.807) is 6.07 Å². The van der Waals surface area contributed by atoms with E-state index in [2.05, 4.69) is 0 Å². The Kier molecular flexibility index (Phi) is 3.31. The Morgan fingerprint density at radius 2 is 1.52 bits per heavy atom. The van der Waals surface area contributed by atoms with Crippen molar-refractivity contribution in [1.29, 1.82) is 0 Å². The molecular formula is C15H20N2O4. The number of hydrogen-bond acceptors (Lipinski definition) is 4. The molecule has 1 aliphatic rings. The zero-order valence-electron chi connectivity index (χ0n) is 13.0. The summed E-state index contributed by atoms with van der Waals surface area (Å²) < 4.78 is 0. The smallest absolute Gasteiger partial charge is 0.258 e. The van der Waals surface area contributed by atoms with Gasteiger partial charge in [0.15, 0.2) is 0 Å². The molecule has 114 valence electrons.